The standard InChI is InChI=1S/C7H14O5/c1-11-5(3-8)7(10)6(4-9)12-2/h3,5-7,9-10H,4H2,1-2H3/t5-,6+,7+/m0/s1. The van der Waals surface area contributed by atoms with E-state index in [0.717, 1.165) is 0 Å². The predicted molar refractivity (Wildman–Crippen MR) is 40.8 cm³/mol. The molecule has 5 heteroatoms. The molecule has 0 aromatic heterocycles. The third-order valence-electron chi connectivity index (χ3n) is 1.61. The Bertz CT molecular complexity index is 123. The summed E-state index contributed by atoms with van der Waals surface area (Å²) >= 11 is 0. The average Bonchev–Trinajstić information content (AvgIpc) is 2.09. The monoisotopic (exact) mass is 178 g/mol. The van der Waals surface area contributed by atoms with Gasteiger partial charge in [0.05, 0.1) is 6.61 Å². The van der Waals surface area contributed by atoms with Gasteiger partial charge in [-0.2, -0.15) is 0 Å². The molecule has 0 rings (SSSR count). The lowest BCUT2D eigenvalue weighted by molar-refractivity contribution is -0.134. The van der Waals surface area contributed by atoms with Crippen molar-refractivity contribution in [1.29, 1.82) is 0 Å². The minimum absolute atomic E-state index is 0.356. The number of aldehydes is 1. The Morgan fingerprint density at radius 2 is 2.00 bits per heavy atom. The predicted octanol–water partition coefficient (Wildman–Crippen LogP) is -1.43. The van der Waals surface area contributed by atoms with Gasteiger partial charge in [-0.3, -0.25) is 0 Å². The summed E-state index contributed by atoms with van der Waals surface area (Å²) in [6.07, 6.45) is -2.42. The van der Waals surface area contributed by atoms with E-state index < -0.39 is 18.3 Å². The van der Waals surface area contributed by atoms with Gasteiger partial charge in [0.25, 0.3) is 0 Å². The number of hydrogen-bond acceptors (Lipinski definition) is 5. The van der Waals surface area contributed by atoms with Gasteiger partial charge in [-0.15, -0.1) is 0 Å². The second kappa shape index (κ2) is 6.07. The fraction of sp³-hybridized carbons (Fsp3) is 0.857. The van der Waals surface area contributed by atoms with Crippen molar-refractivity contribution in [2.24, 2.45) is 0 Å². The van der Waals surface area contributed by atoms with Crippen LogP contribution in [-0.2, 0) is 14.3 Å². The molecule has 0 spiro atoms. The van der Waals surface area contributed by atoms with E-state index in [-0.39, 0.29) is 6.61 Å². The van der Waals surface area contributed by atoms with Crippen molar-refractivity contribution in [2.75, 3.05) is 20.8 Å². The Balaban J connectivity index is 4.11. The summed E-state index contributed by atoms with van der Waals surface area (Å²) in [5, 5.41) is 18.0. The first-order chi connectivity index (χ1) is 5.71. The quantitative estimate of drug-likeness (QED) is 0.488. The highest BCUT2D eigenvalue weighted by Gasteiger charge is 2.26. The number of ether oxygens (including phenoxy) is 2. The molecule has 0 aliphatic rings. The Hall–Kier alpha value is -0.490. The van der Waals surface area contributed by atoms with E-state index in [4.69, 9.17) is 9.84 Å². The molecular formula is C7H14O5. The van der Waals surface area contributed by atoms with Crippen LogP contribution >= 0.6 is 0 Å². The first-order valence-corrected chi connectivity index (χ1v) is 3.51. The molecule has 0 aliphatic heterocycles. The lowest BCUT2D eigenvalue weighted by Gasteiger charge is -2.22. The van der Waals surface area contributed by atoms with Crippen LogP contribution in [0, 0.1) is 0 Å². The molecule has 0 radical (unpaired) electrons. The topological polar surface area (TPSA) is 76.0 Å². The maximum Gasteiger partial charge on any atom is 0.151 e. The van der Waals surface area contributed by atoms with Gasteiger partial charge < -0.3 is 24.5 Å². The second-order valence-corrected chi connectivity index (χ2v) is 2.28. The molecule has 5 nitrogen and oxygen atoms in total. The zero-order valence-electron chi connectivity index (χ0n) is 7.14. The summed E-state index contributed by atoms with van der Waals surface area (Å²) in [5.41, 5.74) is 0. The van der Waals surface area contributed by atoms with Gasteiger partial charge in [0.2, 0.25) is 0 Å². The summed E-state index contributed by atoms with van der Waals surface area (Å²) in [4.78, 5) is 10.3. The van der Waals surface area contributed by atoms with Crippen molar-refractivity contribution in [3.63, 3.8) is 0 Å². The first kappa shape index (κ1) is 11.5. The van der Waals surface area contributed by atoms with Gasteiger partial charge >= 0.3 is 0 Å². The molecule has 2 N–H and O–H groups in total. The van der Waals surface area contributed by atoms with Crippen LogP contribution in [0.4, 0.5) is 0 Å². The number of hydrogen-bond donors (Lipinski definition) is 2. The van der Waals surface area contributed by atoms with Crippen molar-refractivity contribution in [2.45, 2.75) is 18.3 Å². The molecule has 0 aromatic rings. The second-order valence-electron chi connectivity index (χ2n) is 2.28. The minimum Gasteiger partial charge on any atom is -0.394 e. The summed E-state index contributed by atoms with van der Waals surface area (Å²) in [6.45, 7) is -0.356. The molecule has 72 valence electrons. The normalized spacial score (nSPS) is 18.3. The van der Waals surface area contributed by atoms with E-state index in [2.05, 4.69) is 4.74 Å². The lowest BCUT2D eigenvalue weighted by Crippen LogP contribution is -2.42. The summed E-state index contributed by atoms with van der Waals surface area (Å²) < 4.78 is 9.34. The molecule has 0 fully saturated rings. The molecule has 0 saturated heterocycles. The van der Waals surface area contributed by atoms with Crippen LogP contribution in [0.15, 0.2) is 0 Å². The van der Waals surface area contributed by atoms with Crippen molar-refractivity contribution in [3.8, 4) is 0 Å². The van der Waals surface area contributed by atoms with Gasteiger partial charge in [0, 0.05) is 14.2 Å². The van der Waals surface area contributed by atoms with E-state index >= 15 is 0 Å². The number of aliphatic hydroxyl groups excluding tert-OH is 2. The number of aliphatic hydroxyl groups is 2. The molecule has 0 aromatic carbocycles. The van der Waals surface area contributed by atoms with Gasteiger partial charge in [-0.1, -0.05) is 0 Å². The molecule has 0 unspecified atom stereocenters. The lowest BCUT2D eigenvalue weighted by atomic mass is 10.1. The smallest absolute Gasteiger partial charge is 0.151 e. The number of methoxy groups -OCH3 is 2. The molecule has 0 amide bonds. The zero-order valence-corrected chi connectivity index (χ0v) is 7.14. The van der Waals surface area contributed by atoms with Crippen LogP contribution in [0.5, 0.6) is 0 Å². The number of carbonyl (C=O) groups is 1. The summed E-state index contributed by atoms with van der Waals surface area (Å²) in [6, 6.07) is 0. The van der Waals surface area contributed by atoms with Gasteiger partial charge in [0.1, 0.15) is 18.3 Å². The van der Waals surface area contributed by atoms with Gasteiger partial charge in [0.15, 0.2) is 6.29 Å². The SMILES string of the molecule is CO[C@@H](C=O)[C@@H](O)[C@@H](CO)OC. The Labute approximate surface area is 70.9 Å². The molecule has 0 heterocycles. The van der Waals surface area contributed by atoms with Crippen LogP contribution in [-0.4, -0.2) is 55.6 Å². The van der Waals surface area contributed by atoms with Crippen molar-refractivity contribution in [1.82, 2.24) is 0 Å². The van der Waals surface area contributed by atoms with Crippen LogP contribution in [0.2, 0.25) is 0 Å². The molecule has 0 aliphatic carbocycles. The van der Waals surface area contributed by atoms with Crippen molar-refractivity contribution < 1.29 is 24.5 Å². The van der Waals surface area contributed by atoms with Crippen molar-refractivity contribution in [3.05, 3.63) is 0 Å². The van der Waals surface area contributed by atoms with Crippen LogP contribution in [0.1, 0.15) is 0 Å². The Kier molecular flexibility index (Phi) is 5.83. The highest BCUT2D eigenvalue weighted by Crippen LogP contribution is 2.04. The van der Waals surface area contributed by atoms with E-state index in [1.807, 2.05) is 0 Å². The van der Waals surface area contributed by atoms with Gasteiger partial charge in [-0.05, 0) is 0 Å². The third-order valence-corrected chi connectivity index (χ3v) is 1.61. The zero-order chi connectivity index (χ0) is 9.56. The first-order valence-electron chi connectivity index (χ1n) is 3.51. The molecular weight excluding hydrogens is 164 g/mol. The minimum atomic E-state index is -1.14. The highest BCUT2D eigenvalue weighted by atomic mass is 16.5. The Morgan fingerprint density at radius 3 is 2.25 bits per heavy atom. The van der Waals surface area contributed by atoms with Crippen molar-refractivity contribution >= 4 is 6.29 Å². The molecule has 0 bridgehead atoms. The fourth-order valence-electron chi connectivity index (χ4n) is 0.809. The van der Waals surface area contributed by atoms with E-state index in [1.165, 1.54) is 14.2 Å². The third kappa shape index (κ3) is 2.86. The highest BCUT2D eigenvalue weighted by molar-refractivity contribution is 5.57. The molecule has 3 atom stereocenters. The van der Waals surface area contributed by atoms with Gasteiger partial charge in [-0.25, -0.2) is 0 Å². The maximum atomic E-state index is 10.3. The van der Waals surface area contributed by atoms with E-state index in [1.54, 1.807) is 0 Å². The van der Waals surface area contributed by atoms with Crippen LogP contribution in [0.25, 0.3) is 0 Å². The molecule has 12 heavy (non-hydrogen) atoms. The summed E-state index contributed by atoms with van der Waals surface area (Å²) in [7, 11) is 2.63. The number of carbonyl (C=O) groups excluding carboxylic acids is 1. The Morgan fingerprint density at radius 1 is 1.42 bits per heavy atom. The van der Waals surface area contributed by atoms with Crippen LogP contribution < -0.4 is 0 Å². The van der Waals surface area contributed by atoms with E-state index in [0.29, 0.717) is 6.29 Å². The van der Waals surface area contributed by atoms with Crippen LogP contribution in [0.3, 0.4) is 0 Å². The summed E-state index contributed by atoms with van der Waals surface area (Å²) in [5.74, 6) is 0. The largest absolute Gasteiger partial charge is 0.394 e. The number of rotatable bonds is 6. The average molecular weight is 178 g/mol. The molecule has 0 saturated carbocycles. The fourth-order valence-corrected chi connectivity index (χ4v) is 0.809. The maximum absolute atomic E-state index is 10.3. The van der Waals surface area contributed by atoms with E-state index in [9.17, 15) is 9.90 Å².